The van der Waals surface area contributed by atoms with E-state index in [2.05, 4.69) is 16.8 Å². The lowest BCUT2D eigenvalue weighted by Gasteiger charge is -2.29. The second kappa shape index (κ2) is 6.47. The fraction of sp³-hybridized carbons (Fsp3) is 0.400. The van der Waals surface area contributed by atoms with Crippen molar-refractivity contribution < 1.29 is 9.53 Å². The number of ether oxygens (including phenoxy) is 1. The number of fused-ring (bicyclic) bond motifs is 3. The number of rotatable bonds is 4. The first kappa shape index (κ1) is 17.0. The van der Waals surface area contributed by atoms with Crippen LogP contribution in [0, 0.1) is 5.92 Å². The quantitative estimate of drug-likeness (QED) is 0.650. The van der Waals surface area contributed by atoms with Gasteiger partial charge in [0.15, 0.2) is 0 Å². The lowest BCUT2D eigenvalue weighted by molar-refractivity contribution is -0.127. The molecular weight excluding hydrogens is 356 g/mol. The van der Waals surface area contributed by atoms with Gasteiger partial charge in [0, 0.05) is 37.8 Å². The number of aryl methyl sites for hydroxylation is 1. The highest BCUT2D eigenvalue weighted by atomic mass is 16.5. The van der Waals surface area contributed by atoms with Gasteiger partial charge in [-0.2, -0.15) is 10.2 Å². The van der Waals surface area contributed by atoms with Gasteiger partial charge in [0.1, 0.15) is 11.6 Å². The molecule has 0 aromatic carbocycles. The molecule has 2 aliphatic rings. The van der Waals surface area contributed by atoms with E-state index in [9.17, 15) is 4.79 Å². The Morgan fingerprint density at radius 3 is 2.96 bits per heavy atom. The zero-order valence-corrected chi connectivity index (χ0v) is 15.7. The van der Waals surface area contributed by atoms with E-state index in [1.54, 1.807) is 21.6 Å². The number of hydrogen-bond acceptors (Lipinski definition) is 5. The largest absolute Gasteiger partial charge is 0.473 e. The van der Waals surface area contributed by atoms with Crippen LogP contribution < -0.4 is 4.74 Å². The zero-order chi connectivity index (χ0) is 19.3. The molecule has 2 bridgehead atoms. The molecule has 1 aliphatic carbocycles. The third-order valence-electron chi connectivity index (χ3n) is 5.72. The van der Waals surface area contributed by atoms with E-state index in [1.807, 2.05) is 30.4 Å². The molecule has 8 nitrogen and oxygen atoms in total. The molecule has 1 saturated heterocycles. The van der Waals surface area contributed by atoms with Crippen LogP contribution in [0.5, 0.6) is 5.88 Å². The minimum absolute atomic E-state index is 0.0167. The maximum absolute atomic E-state index is 12.1. The fourth-order valence-corrected chi connectivity index (χ4v) is 4.50. The number of nitrogens with zero attached hydrogens (tertiary/aromatic N) is 6. The lowest BCUT2D eigenvalue weighted by Crippen LogP contribution is -2.37. The zero-order valence-electron chi connectivity index (χ0n) is 15.7. The average Bonchev–Trinajstić information content (AvgIpc) is 3.40. The highest BCUT2D eigenvalue weighted by molar-refractivity contribution is 5.87. The second-order valence-electron chi connectivity index (χ2n) is 7.66. The first-order valence-corrected chi connectivity index (χ1v) is 9.54. The Morgan fingerprint density at radius 1 is 1.29 bits per heavy atom. The van der Waals surface area contributed by atoms with E-state index in [-0.39, 0.29) is 18.1 Å². The monoisotopic (exact) mass is 378 g/mol. The number of carbonyl (C=O) groups excluding carboxylic acids is 1. The Labute approximate surface area is 162 Å². The molecule has 1 amide bonds. The number of carbonyl (C=O) groups is 1. The fourth-order valence-electron chi connectivity index (χ4n) is 4.50. The predicted octanol–water partition coefficient (Wildman–Crippen LogP) is 2.07. The van der Waals surface area contributed by atoms with Crippen molar-refractivity contribution in [2.24, 2.45) is 13.0 Å². The summed E-state index contributed by atoms with van der Waals surface area (Å²) < 4.78 is 9.91. The molecule has 2 fully saturated rings. The van der Waals surface area contributed by atoms with Crippen molar-refractivity contribution in [1.29, 1.82) is 0 Å². The normalized spacial score (nSPS) is 23.9. The van der Waals surface area contributed by atoms with E-state index in [4.69, 9.17) is 9.72 Å². The van der Waals surface area contributed by atoms with Gasteiger partial charge in [-0.3, -0.25) is 9.48 Å². The van der Waals surface area contributed by atoms with E-state index < -0.39 is 0 Å². The molecule has 0 spiro atoms. The molecule has 1 saturated carbocycles. The molecule has 3 aromatic heterocycles. The summed E-state index contributed by atoms with van der Waals surface area (Å²) >= 11 is 0. The lowest BCUT2D eigenvalue weighted by atomic mass is 9.88. The smallest absolute Gasteiger partial charge is 0.246 e. The Kier molecular flexibility index (Phi) is 3.92. The minimum Gasteiger partial charge on any atom is -0.473 e. The number of amides is 1. The topological polar surface area (TPSA) is 77.6 Å². The van der Waals surface area contributed by atoms with Crippen molar-refractivity contribution in [2.75, 3.05) is 6.54 Å². The molecule has 28 heavy (non-hydrogen) atoms. The summed E-state index contributed by atoms with van der Waals surface area (Å²) in [4.78, 5) is 18.8. The summed E-state index contributed by atoms with van der Waals surface area (Å²) in [6.45, 7) is 4.42. The van der Waals surface area contributed by atoms with Gasteiger partial charge in [-0.05, 0) is 30.9 Å². The third-order valence-corrected chi connectivity index (χ3v) is 5.72. The summed E-state index contributed by atoms with van der Waals surface area (Å²) in [6, 6.07) is 2.12. The minimum atomic E-state index is 0.0167. The van der Waals surface area contributed by atoms with Crippen molar-refractivity contribution in [3.05, 3.63) is 43.5 Å². The van der Waals surface area contributed by atoms with Crippen LogP contribution in [0.25, 0.3) is 16.8 Å². The highest BCUT2D eigenvalue weighted by Gasteiger charge is 2.42. The summed E-state index contributed by atoms with van der Waals surface area (Å²) in [6.07, 6.45) is 11.5. The van der Waals surface area contributed by atoms with Crippen molar-refractivity contribution in [3.63, 3.8) is 0 Å². The Bertz CT molecular complexity index is 1050. The van der Waals surface area contributed by atoms with E-state index in [1.165, 1.54) is 6.08 Å². The van der Waals surface area contributed by atoms with E-state index in [0.29, 0.717) is 11.8 Å². The van der Waals surface area contributed by atoms with E-state index in [0.717, 1.165) is 42.6 Å². The van der Waals surface area contributed by atoms with Crippen LogP contribution in [0.1, 0.15) is 19.3 Å². The van der Waals surface area contributed by atoms with Gasteiger partial charge >= 0.3 is 0 Å². The number of hydrogen-bond donors (Lipinski definition) is 0. The average molecular weight is 378 g/mol. The molecule has 0 N–H and O–H groups in total. The SMILES string of the molecule is C=CC(=O)N1C[C@H]2C[C@@H](Oc3nc(-c4cnn(C)c4)cn4nccc34)C[C@@H]1C2. The van der Waals surface area contributed by atoms with Crippen LogP contribution in [-0.2, 0) is 11.8 Å². The summed E-state index contributed by atoms with van der Waals surface area (Å²) in [5.74, 6) is 1.06. The summed E-state index contributed by atoms with van der Waals surface area (Å²) in [5, 5.41) is 8.59. The van der Waals surface area contributed by atoms with Crippen LogP contribution >= 0.6 is 0 Å². The number of aromatic nitrogens is 5. The van der Waals surface area contributed by atoms with Gasteiger partial charge in [-0.1, -0.05) is 6.58 Å². The maximum Gasteiger partial charge on any atom is 0.246 e. The van der Waals surface area contributed by atoms with Gasteiger partial charge in [0.25, 0.3) is 0 Å². The van der Waals surface area contributed by atoms with Gasteiger partial charge in [-0.15, -0.1) is 0 Å². The molecule has 5 rings (SSSR count). The molecule has 144 valence electrons. The molecule has 0 unspecified atom stereocenters. The van der Waals surface area contributed by atoms with Gasteiger partial charge < -0.3 is 9.64 Å². The molecule has 4 heterocycles. The third kappa shape index (κ3) is 2.85. The van der Waals surface area contributed by atoms with Crippen LogP contribution in [0.2, 0.25) is 0 Å². The van der Waals surface area contributed by atoms with Crippen LogP contribution in [0.15, 0.2) is 43.5 Å². The first-order valence-electron chi connectivity index (χ1n) is 9.54. The molecule has 0 radical (unpaired) electrons. The van der Waals surface area contributed by atoms with Gasteiger partial charge in [-0.25, -0.2) is 9.50 Å². The second-order valence-corrected chi connectivity index (χ2v) is 7.66. The first-order chi connectivity index (χ1) is 13.6. The van der Waals surface area contributed by atoms with Crippen molar-refractivity contribution >= 4 is 11.4 Å². The Hall–Kier alpha value is -3.16. The predicted molar refractivity (Wildman–Crippen MR) is 103 cm³/mol. The maximum atomic E-state index is 12.1. The van der Waals surface area contributed by atoms with Crippen LogP contribution in [0.3, 0.4) is 0 Å². The Balaban J connectivity index is 1.43. The molecule has 1 aliphatic heterocycles. The molecular formula is C20H22N6O2. The van der Waals surface area contributed by atoms with Gasteiger partial charge in [0.2, 0.25) is 11.8 Å². The van der Waals surface area contributed by atoms with Crippen LogP contribution in [-0.4, -0.2) is 53.9 Å². The van der Waals surface area contributed by atoms with E-state index >= 15 is 0 Å². The molecule has 3 aromatic rings. The van der Waals surface area contributed by atoms with Crippen LogP contribution in [0.4, 0.5) is 0 Å². The van der Waals surface area contributed by atoms with Crippen molar-refractivity contribution in [1.82, 2.24) is 29.3 Å². The van der Waals surface area contributed by atoms with Crippen molar-refractivity contribution in [2.45, 2.75) is 31.4 Å². The summed E-state index contributed by atoms with van der Waals surface area (Å²) in [7, 11) is 1.88. The summed E-state index contributed by atoms with van der Waals surface area (Å²) in [5.41, 5.74) is 2.52. The van der Waals surface area contributed by atoms with Gasteiger partial charge in [0.05, 0.1) is 24.3 Å². The number of likely N-dealkylation sites (tertiary alicyclic amines) is 1. The Morgan fingerprint density at radius 2 is 2.18 bits per heavy atom. The van der Waals surface area contributed by atoms with Crippen molar-refractivity contribution in [3.8, 4) is 17.1 Å². The highest BCUT2D eigenvalue weighted by Crippen LogP contribution is 2.38. The molecule has 3 atom stereocenters. The standard InChI is InChI=1S/C20H22N6O2/c1-3-19(27)25-10-13-6-15(25)8-16(7-13)28-20-18-4-5-21-26(18)12-17(23-20)14-9-22-24(2)11-14/h3-5,9,11-13,15-16H,1,6-8,10H2,2H3/t13-,15+,16-/m1/s1. The molecule has 8 heteroatoms.